The zero-order chi connectivity index (χ0) is 13.8. The Labute approximate surface area is 116 Å². The lowest BCUT2D eigenvalue weighted by molar-refractivity contribution is 0.238. The minimum atomic E-state index is 0.281. The quantitative estimate of drug-likeness (QED) is 0.631. The number of aryl methyl sites for hydroxylation is 1. The van der Waals surface area contributed by atoms with E-state index >= 15 is 0 Å². The first-order valence-corrected chi connectivity index (χ1v) is 7.19. The molecule has 1 aliphatic rings. The monoisotopic (exact) mass is 259 g/mol. The smallest absolute Gasteiger partial charge is 0.0920 e. The first kappa shape index (κ1) is 14.1. The van der Waals surface area contributed by atoms with Crippen molar-refractivity contribution in [2.24, 2.45) is 5.73 Å². The molecule has 3 nitrogen and oxygen atoms in total. The fourth-order valence-corrected chi connectivity index (χ4v) is 3.05. The molecule has 3 N–H and O–H groups in total. The van der Waals surface area contributed by atoms with Gasteiger partial charge in [0.25, 0.3) is 0 Å². The van der Waals surface area contributed by atoms with Gasteiger partial charge in [-0.25, -0.2) is 0 Å². The fourth-order valence-electron chi connectivity index (χ4n) is 3.05. The van der Waals surface area contributed by atoms with Crippen molar-refractivity contribution in [3.05, 3.63) is 35.4 Å². The van der Waals surface area contributed by atoms with Crippen LogP contribution >= 0.6 is 0 Å². The third-order valence-corrected chi connectivity index (χ3v) is 4.27. The molecule has 3 heteroatoms. The average Bonchev–Trinajstić information content (AvgIpc) is 2.38. The summed E-state index contributed by atoms with van der Waals surface area (Å²) in [4.78, 5) is 2.34. The predicted octanol–water partition coefficient (Wildman–Crippen LogP) is 2.75. The van der Waals surface area contributed by atoms with Crippen LogP contribution in [0.1, 0.15) is 43.2 Å². The van der Waals surface area contributed by atoms with Gasteiger partial charge in [-0.05, 0) is 50.3 Å². The summed E-state index contributed by atoms with van der Waals surface area (Å²) in [6, 6.07) is 9.18. The minimum absolute atomic E-state index is 0.281. The van der Waals surface area contributed by atoms with E-state index in [9.17, 15) is 0 Å². The number of hydrogen-bond acceptors (Lipinski definition) is 2. The second-order valence-corrected chi connectivity index (χ2v) is 5.81. The zero-order valence-electron chi connectivity index (χ0n) is 12.0. The Balaban J connectivity index is 2.02. The van der Waals surface area contributed by atoms with Crippen molar-refractivity contribution in [1.29, 1.82) is 5.41 Å². The lowest BCUT2D eigenvalue weighted by Gasteiger charge is -2.32. The van der Waals surface area contributed by atoms with Gasteiger partial charge in [0.05, 0.1) is 5.84 Å². The molecule has 0 amide bonds. The molecule has 1 aromatic carbocycles. The van der Waals surface area contributed by atoms with E-state index in [1.165, 1.54) is 30.4 Å². The Morgan fingerprint density at radius 2 is 2.21 bits per heavy atom. The van der Waals surface area contributed by atoms with Crippen LogP contribution < -0.4 is 5.73 Å². The molecule has 0 radical (unpaired) electrons. The van der Waals surface area contributed by atoms with Gasteiger partial charge in [-0.3, -0.25) is 5.41 Å². The van der Waals surface area contributed by atoms with Gasteiger partial charge < -0.3 is 10.6 Å². The highest BCUT2D eigenvalue weighted by Gasteiger charge is 2.22. The first-order valence-electron chi connectivity index (χ1n) is 7.19. The molecule has 2 atom stereocenters. The molecule has 0 heterocycles. The van der Waals surface area contributed by atoms with E-state index < -0.39 is 0 Å². The maximum absolute atomic E-state index is 7.41. The third-order valence-electron chi connectivity index (χ3n) is 4.27. The van der Waals surface area contributed by atoms with Gasteiger partial charge >= 0.3 is 0 Å². The van der Waals surface area contributed by atoms with Crippen LogP contribution in [-0.4, -0.2) is 30.4 Å². The van der Waals surface area contributed by atoms with Crippen molar-refractivity contribution in [3.63, 3.8) is 0 Å². The van der Waals surface area contributed by atoms with Crippen molar-refractivity contribution in [3.8, 4) is 0 Å². The van der Waals surface area contributed by atoms with E-state index in [1.807, 2.05) is 0 Å². The largest absolute Gasteiger partial charge is 0.388 e. The molecule has 0 spiro atoms. The molecule has 0 fully saturated rings. The minimum Gasteiger partial charge on any atom is -0.388 e. The van der Waals surface area contributed by atoms with Gasteiger partial charge in [0.1, 0.15) is 0 Å². The van der Waals surface area contributed by atoms with Gasteiger partial charge in [-0.2, -0.15) is 0 Å². The highest BCUT2D eigenvalue weighted by molar-refractivity contribution is 5.77. The molecule has 104 valence electrons. The van der Waals surface area contributed by atoms with E-state index in [-0.39, 0.29) is 5.84 Å². The summed E-state index contributed by atoms with van der Waals surface area (Å²) >= 11 is 0. The maximum atomic E-state index is 7.41. The normalized spacial score (nSPS) is 20.1. The molecule has 2 unspecified atom stereocenters. The number of benzene rings is 1. The number of nitrogens with one attached hydrogen (secondary N) is 1. The Kier molecular flexibility index (Phi) is 4.59. The summed E-state index contributed by atoms with van der Waals surface area (Å²) in [5.41, 5.74) is 8.54. The van der Waals surface area contributed by atoms with E-state index in [0.29, 0.717) is 18.4 Å². The van der Waals surface area contributed by atoms with E-state index in [4.69, 9.17) is 11.1 Å². The summed E-state index contributed by atoms with van der Waals surface area (Å²) in [5, 5.41) is 7.41. The standard InChI is InChI=1S/C16H25N3/c1-12(10-16(17)18)19(2)11-14-8-5-7-13-6-3-4-9-15(13)14/h3-4,6,9,12,14H,5,7-8,10-11H2,1-2H3,(H3,17,18). The molecule has 0 saturated carbocycles. The molecular weight excluding hydrogens is 234 g/mol. The van der Waals surface area contributed by atoms with E-state index in [0.717, 1.165) is 6.54 Å². The number of hydrogen-bond donors (Lipinski definition) is 2. The van der Waals surface area contributed by atoms with Gasteiger partial charge in [-0.15, -0.1) is 0 Å². The van der Waals surface area contributed by atoms with Crippen molar-refractivity contribution >= 4 is 5.84 Å². The van der Waals surface area contributed by atoms with Crippen molar-refractivity contribution in [2.75, 3.05) is 13.6 Å². The molecule has 1 aromatic rings. The van der Waals surface area contributed by atoms with Crippen LogP contribution in [0.5, 0.6) is 0 Å². The van der Waals surface area contributed by atoms with Crippen LogP contribution in [0.25, 0.3) is 0 Å². The number of fused-ring (bicyclic) bond motifs is 1. The Bertz CT molecular complexity index is 441. The summed E-state index contributed by atoms with van der Waals surface area (Å²) in [6.07, 6.45) is 4.44. The van der Waals surface area contributed by atoms with Gasteiger partial charge in [0, 0.05) is 19.0 Å². The highest BCUT2D eigenvalue weighted by Crippen LogP contribution is 2.32. The Morgan fingerprint density at radius 1 is 1.47 bits per heavy atom. The molecule has 1 aliphatic carbocycles. The van der Waals surface area contributed by atoms with Crippen LogP contribution in [0.3, 0.4) is 0 Å². The Morgan fingerprint density at radius 3 is 2.95 bits per heavy atom. The molecule has 19 heavy (non-hydrogen) atoms. The number of nitrogens with two attached hydrogens (primary N) is 1. The van der Waals surface area contributed by atoms with Crippen LogP contribution in [0.4, 0.5) is 0 Å². The van der Waals surface area contributed by atoms with Gasteiger partial charge in [0.2, 0.25) is 0 Å². The molecule has 2 rings (SSSR count). The maximum Gasteiger partial charge on any atom is 0.0920 e. The lowest BCUT2D eigenvalue weighted by atomic mass is 9.82. The number of nitrogens with zero attached hydrogens (tertiary/aromatic N) is 1. The fraction of sp³-hybridized carbons (Fsp3) is 0.562. The second kappa shape index (κ2) is 6.20. The van der Waals surface area contributed by atoms with Crippen LogP contribution in [-0.2, 0) is 6.42 Å². The van der Waals surface area contributed by atoms with E-state index in [1.54, 1.807) is 0 Å². The van der Waals surface area contributed by atoms with Crippen molar-refractivity contribution in [2.45, 2.75) is 44.6 Å². The van der Waals surface area contributed by atoms with Gasteiger partial charge in [-0.1, -0.05) is 24.3 Å². The van der Waals surface area contributed by atoms with Crippen LogP contribution in [0, 0.1) is 5.41 Å². The van der Waals surface area contributed by atoms with Crippen molar-refractivity contribution in [1.82, 2.24) is 4.90 Å². The van der Waals surface area contributed by atoms with Crippen LogP contribution in [0.15, 0.2) is 24.3 Å². The SMILES string of the molecule is CC(CC(=N)N)N(C)CC1CCCc2ccccc21. The number of likely N-dealkylation sites (N-methyl/N-ethyl adjacent to an activating group) is 1. The lowest BCUT2D eigenvalue weighted by Crippen LogP contribution is -2.36. The Hall–Kier alpha value is -1.35. The summed E-state index contributed by atoms with van der Waals surface area (Å²) < 4.78 is 0. The molecule has 0 saturated heterocycles. The predicted molar refractivity (Wildman–Crippen MR) is 80.7 cm³/mol. The first-order chi connectivity index (χ1) is 9.08. The summed E-state index contributed by atoms with van der Waals surface area (Å²) in [6.45, 7) is 3.21. The number of amidine groups is 1. The third kappa shape index (κ3) is 3.57. The topological polar surface area (TPSA) is 53.1 Å². The van der Waals surface area contributed by atoms with E-state index in [2.05, 4.69) is 43.1 Å². The zero-order valence-corrected chi connectivity index (χ0v) is 12.0. The molecule has 0 aromatic heterocycles. The van der Waals surface area contributed by atoms with Crippen LogP contribution in [0.2, 0.25) is 0 Å². The molecular formula is C16H25N3. The highest BCUT2D eigenvalue weighted by atomic mass is 15.1. The second-order valence-electron chi connectivity index (χ2n) is 5.81. The average molecular weight is 259 g/mol. The molecule has 0 aliphatic heterocycles. The summed E-state index contributed by atoms with van der Waals surface area (Å²) in [7, 11) is 2.14. The van der Waals surface area contributed by atoms with Gasteiger partial charge in [0.15, 0.2) is 0 Å². The molecule has 0 bridgehead atoms. The number of rotatable bonds is 5. The summed E-state index contributed by atoms with van der Waals surface area (Å²) in [5.74, 6) is 0.910. The van der Waals surface area contributed by atoms with Crippen molar-refractivity contribution < 1.29 is 0 Å².